The topological polar surface area (TPSA) is 59.0 Å². The molecule has 190 valence electrons. The van der Waals surface area contributed by atoms with Crippen molar-refractivity contribution in [2.75, 3.05) is 19.6 Å². The predicted octanol–water partition coefficient (Wildman–Crippen LogP) is 4.48. The van der Waals surface area contributed by atoms with Gasteiger partial charge in [-0.25, -0.2) is 5.01 Å². The third-order valence-electron chi connectivity index (χ3n) is 8.95. The highest BCUT2D eigenvalue weighted by molar-refractivity contribution is 5.93. The number of nitrogens with one attached hydrogen (secondary N) is 1. The quantitative estimate of drug-likeness (QED) is 0.566. The number of nitrogens with zero attached hydrogens (tertiary/aromatic N) is 3. The summed E-state index contributed by atoms with van der Waals surface area (Å²) in [6, 6.07) is 18.1. The number of benzene rings is 2. The first-order valence-electron chi connectivity index (χ1n) is 13.7. The van der Waals surface area contributed by atoms with Crippen molar-refractivity contribution in [1.29, 1.82) is 0 Å². The molecule has 0 aromatic heterocycles. The van der Waals surface area contributed by atoms with Gasteiger partial charge in [0.1, 0.15) is 5.75 Å². The van der Waals surface area contributed by atoms with Crippen LogP contribution in [-0.2, 0) is 0 Å². The number of piperazine rings is 1. The Bertz CT molecular complexity index is 1080. The summed E-state index contributed by atoms with van der Waals surface area (Å²) in [7, 11) is 0. The zero-order valence-corrected chi connectivity index (χ0v) is 21.1. The van der Waals surface area contributed by atoms with Gasteiger partial charge in [-0.2, -0.15) is 0 Å². The molecule has 4 saturated heterocycles. The van der Waals surface area contributed by atoms with E-state index in [0.717, 1.165) is 38.0 Å². The minimum atomic E-state index is -0.0338. The fraction of sp³-hybridized carbons (Fsp3) is 0.500. The van der Waals surface area contributed by atoms with Gasteiger partial charge in [0.15, 0.2) is 0 Å². The molecule has 2 N–H and O–H groups in total. The molecule has 6 rings (SSSR count). The number of carbonyl (C=O) groups is 1. The standard InChI is InChI=1S/C30H38N4O2/c1-2-17-33-25-13-14-26(33)28-16-15-27(25)34(28)29(23-7-6-8-24(35)20-23)21-9-11-22(12-10-21)30(36)31-32-18-4-3-5-19-32/h2,6-12,20,25-29,35H,1,3-5,13-19H2,(H,31,36). The number of amides is 1. The minimum Gasteiger partial charge on any atom is -0.508 e. The molecule has 0 aliphatic carbocycles. The molecular formula is C30H38N4O2. The number of aromatic hydroxyl groups is 1. The molecule has 4 fully saturated rings. The molecule has 4 bridgehead atoms. The summed E-state index contributed by atoms with van der Waals surface area (Å²) >= 11 is 0. The van der Waals surface area contributed by atoms with Gasteiger partial charge in [0.2, 0.25) is 0 Å². The molecule has 6 heteroatoms. The molecule has 4 aliphatic heterocycles. The number of phenolic OH excluding ortho intramolecular Hbond substituents is 1. The van der Waals surface area contributed by atoms with E-state index in [1.54, 1.807) is 6.07 Å². The third kappa shape index (κ3) is 4.25. The van der Waals surface area contributed by atoms with Crippen LogP contribution < -0.4 is 5.43 Å². The third-order valence-corrected chi connectivity index (χ3v) is 8.95. The highest BCUT2D eigenvalue weighted by Crippen LogP contribution is 2.50. The second-order valence-corrected chi connectivity index (χ2v) is 11.0. The average molecular weight is 487 g/mol. The number of hydrogen-bond acceptors (Lipinski definition) is 5. The van der Waals surface area contributed by atoms with Crippen LogP contribution in [0.1, 0.15) is 72.5 Å². The van der Waals surface area contributed by atoms with Crippen molar-refractivity contribution in [3.63, 3.8) is 0 Å². The van der Waals surface area contributed by atoms with E-state index >= 15 is 0 Å². The van der Waals surface area contributed by atoms with Gasteiger partial charge >= 0.3 is 0 Å². The van der Waals surface area contributed by atoms with Crippen LogP contribution in [-0.4, -0.2) is 69.6 Å². The van der Waals surface area contributed by atoms with E-state index in [1.807, 2.05) is 29.3 Å². The van der Waals surface area contributed by atoms with Crippen molar-refractivity contribution < 1.29 is 9.90 Å². The Morgan fingerprint density at radius 3 is 2.25 bits per heavy atom. The summed E-state index contributed by atoms with van der Waals surface area (Å²) in [4.78, 5) is 18.3. The monoisotopic (exact) mass is 486 g/mol. The van der Waals surface area contributed by atoms with E-state index in [4.69, 9.17) is 0 Å². The highest BCUT2D eigenvalue weighted by Gasteiger charge is 2.56. The zero-order valence-electron chi connectivity index (χ0n) is 21.1. The van der Waals surface area contributed by atoms with Gasteiger partial charge in [-0.05, 0) is 73.9 Å². The predicted molar refractivity (Wildman–Crippen MR) is 142 cm³/mol. The molecule has 1 amide bonds. The summed E-state index contributed by atoms with van der Waals surface area (Å²) in [5, 5.41) is 12.4. The van der Waals surface area contributed by atoms with Crippen LogP contribution in [0.4, 0.5) is 0 Å². The normalized spacial score (nSPS) is 29.2. The maximum atomic E-state index is 12.9. The van der Waals surface area contributed by atoms with E-state index in [0.29, 0.717) is 35.5 Å². The first-order chi connectivity index (χ1) is 17.6. The molecule has 0 spiro atoms. The molecule has 2 aromatic carbocycles. The van der Waals surface area contributed by atoms with Crippen molar-refractivity contribution in [3.05, 3.63) is 77.9 Å². The lowest BCUT2D eigenvalue weighted by molar-refractivity contribution is -0.00329. The van der Waals surface area contributed by atoms with E-state index in [9.17, 15) is 9.90 Å². The molecule has 5 atom stereocenters. The number of carbonyl (C=O) groups excluding carboxylic acids is 1. The molecule has 4 aliphatic rings. The van der Waals surface area contributed by atoms with Gasteiger partial charge in [-0.15, -0.1) is 6.58 Å². The minimum absolute atomic E-state index is 0.0338. The number of rotatable bonds is 7. The molecule has 6 nitrogen and oxygen atoms in total. The van der Waals surface area contributed by atoms with E-state index in [1.165, 1.54) is 37.7 Å². The Labute approximate surface area is 214 Å². The molecule has 36 heavy (non-hydrogen) atoms. The fourth-order valence-corrected chi connectivity index (χ4v) is 7.48. The Hall–Kier alpha value is -2.67. The second kappa shape index (κ2) is 10.0. The van der Waals surface area contributed by atoms with Crippen LogP contribution in [0.3, 0.4) is 0 Å². The van der Waals surface area contributed by atoms with Crippen LogP contribution in [0.15, 0.2) is 61.2 Å². The van der Waals surface area contributed by atoms with Crippen LogP contribution in [0.25, 0.3) is 0 Å². The van der Waals surface area contributed by atoms with E-state index in [-0.39, 0.29) is 11.9 Å². The lowest BCUT2D eigenvalue weighted by Gasteiger charge is -2.50. The summed E-state index contributed by atoms with van der Waals surface area (Å²) < 4.78 is 0. The second-order valence-electron chi connectivity index (χ2n) is 11.0. The number of fused-ring (bicyclic) bond motifs is 6. The molecule has 4 heterocycles. The van der Waals surface area contributed by atoms with Crippen LogP contribution in [0, 0.1) is 0 Å². The molecule has 0 radical (unpaired) electrons. The smallest absolute Gasteiger partial charge is 0.265 e. The van der Waals surface area contributed by atoms with Crippen molar-refractivity contribution >= 4 is 5.91 Å². The largest absolute Gasteiger partial charge is 0.508 e. The first-order valence-corrected chi connectivity index (χ1v) is 13.7. The van der Waals surface area contributed by atoms with Crippen LogP contribution >= 0.6 is 0 Å². The van der Waals surface area contributed by atoms with Crippen molar-refractivity contribution in [3.8, 4) is 5.75 Å². The summed E-state index contributed by atoms with van der Waals surface area (Å²) in [5.41, 5.74) is 6.08. The number of hydrogen-bond donors (Lipinski definition) is 2. The van der Waals surface area contributed by atoms with Gasteiger partial charge in [0.25, 0.3) is 5.91 Å². The van der Waals surface area contributed by atoms with Gasteiger partial charge in [0, 0.05) is 49.4 Å². The summed E-state index contributed by atoms with van der Waals surface area (Å²) in [6.45, 7) is 6.83. The van der Waals surface area contributed by atoms with E-state index < -0.39 is 0 Å². The Morgan fingerprint density at radius 2 is 1.61 bits per heavy atom. The van der Waals surface area contributed by atoms with Crippen molar-refractivity contribution in [1.82, 2.24) is 20.2 Å². The SMILES string of the molecule is C=CCN1C2CCC1C1CCC2N1C(c1ccc(C(=O)NN2CCCCC2)cc1)c1cccc(O)c1. The maximum absolute atomic E-state index is 12.9. The Morgan fingerprint density at radius 1 is 0.944 bits per heavy atom. The maximum Gasteiger partial charge on any atom is 0.265 e. The number of phenols is 1. The number of piperidine rings is 1. The molecular weight excluding hydrogens is 448 g/mol. The van der Waals surface area contributed by atoms with Gasteiger partial charge in [-0.1, -0.05) is 36.8 Å². The average Bonchev–Trinajstić information content (AvgIpc) is 3.40. The van der Waals surface area contributed by atoms with Gasteiger partial charge in [0.05, 0.1) is 6.04 Å². The van der Waals surface area contributed by atoms with Crippen molar-refractivity contribution in [2.45, 2.75) is 75.2 Å². The van der Waals surface area contributed by atoms with Gasteiger partial charge in [-0.3, -0.25) is 20.0 Å². The fourth-order valence-electron chi connectivity index (χ4n) is 7.48. The summed E-state index contributed by atoms with van der Waals surface area (Å²) in [6.07, 6.45) is 10.5. The molecule has 5 unspecified atom stereocenters. The van der Waals surface area contributed by atoms with E-state index in [2.05, 4.69) is 46.1 Å². The Balaban J connectivity index is 1.30. The first kappa shape index (κ1) is 23.7. The van der Waals surface area contributed by atoms with Gasteiger partial charge < -0.3 is 5.11 Å². The Kier molecular flexibility index (Phi) is 6.59. The van der Waals surface area contributed by atoms with Crippen LogP contribution in [0.2, 0.25) is 0 Å². The zero-order chi connectivity index (χ0) is 24.6. The van der Waals surface area contributed by atoms with Crippen LogP contribution in [0.5, 0.6) is 5.75 Å². The van der Waals surface area contributed by atoms with Crippen molar-refractivity contribution in [2.24, 2.45) is 0 Å². The highest BCUT2D eigenvalue weighted by atomic mass is 16.3. The lowest BCUT2D eigenvalue weighted by atomic mass is 9.91. The summed E-state index contributed by atoms with van der Waals surface area (Å²) in [5.74, 6) is 0.268. The lowest BCUT2D eigenvalue weighted by Crippen LogP contribution is -2.60. The number of hydrazine groups is 1. The molecule has 0 saturated carbocycles. The molecule has 2 aromatic rings.